The number of hydrogen-bond donors (Lipinski definition) is 2. The molecular formula is C14H29N3O. The largest absolute Gasteiger partial charge is 0.338 e. The van der Waals surface area contributed by atoms with E-state index in [9.17, 15) is 4.79 Å². The van der Waals surface area contributed by atoms with Gasteiger partial charge in [-0.05, 0) is 45.3 Å². The summed E-state index contributed by atoms with van der Waals surface area (Å²) in [6.45, 7) is 8.52. The van der Waals surface area contributed by atoms with Crippen LogP contribution in [0.1, 0.15) is 40.0 Å². The van der Waals surface area contributed by atoms with Crippen LogP contribution in [0.15, 0.2) is 0 Å². The number of likely N-dealkylation sites (tertiary alicyclic amines) is 1. The molecule has 1 saturated heterocycles. The van der Waals surface area contributed by atoms with Crippen molar-refractivity contribution in [3.8, 4) is 0 Å². The third-order valence-corrected chi connectivity index (χ3v) is 3.92. The molecule has 2 unspecified atom stereocenters. The minimum Gasteiger partial charge on any atom is -0.338 e. The number of rotatable bonds is 6. The zero-order valence-electron chi connectivity index (χ0n) is 12.5. The molecule has 0 aromatic carbocycles. The smallest absolute Gasteiger partial charge is 0.239 e. The van der Waals surface area contributed by atoms with Crippen LogP contribution in [0.2, 0.25) is 0 Å². The molecule has 0 radical (unpaired) electrons. The molecule has 1 heterocycles. The van der Waals surface area contributed by atoms with Crippen LogP contribution in [0.5, 0.6) is 0 Å². The number of likely N-dealkylation sites (N-methyl/N-ethyl adjacent to an activating group) is 1. The molecule has 1 aliphatic rings. The monoisotopic (exact) mass is 255 g/mol. The zero-order chi connectivity index (χ0) is 13.8. The van der Waals surface area contributed by atoms with Gasteiger partial charge in [0.1, 0.15) is 0 Å². The Labute approximate surface area is 111 Å². The van der Waals surface area contributed by atoms with E-state index in [0.29, 0.717) is 6.04 Å². The van der Waals surface area contributed by atoms with E-state index in [1.807, 2.05) is 14.1 Å². The van der Waals surface area contributed by atoms with Crippen molar-refractivity contribution >= 4 is 5.91 Å². The zero-order valence-corrected chi connectivity index (χ0v) is 12.5. The normalized spacial score (nSPS) is 25.3. The van der Waals surface area contributed by atoms with E-state index in [-0.39, 0.29) is 17.4 Å². The fraction of sp³-hybridized carbons (Fsp3) is 0.929. The summed E-state index contributed by atoms with van der Waals surface area (Å²) < 4.78 is 0. The summed E-state index contributed by atoms with van der Waals surface area (Å²) in [4.78, 5) is 14.6. The lowest BCUT2D eigenvalue weighted by Crippen LogP contribution is -2.58. The molecule has 4 nitrogen and oxygen atoms in total. The highest BCUT2D eigenvalue weighted by Gasteiger charge is 2.40. The standard InChI is InChI=1S/C14H29N3O/c1-6-11(7-8-15-4)17-10-14(2,3)9-12(16-5)13(17)18/h11-12,15-16H,6-10H2,1-5H3. The predicted molar refractivity (Wildman–Crippen MR) is 75.6 cm³/mol. The maximum Gasteiger partial charge on any atom is 0.239 e. The van der Waals surface area contributed by atoms with Gasteiger partial charge in [-0.3, -0.25) is 4.79 Å². The molecule has 0 aliphatic carbocycles. The van der Waals surface area contributed by atoms with Gasteiger partial charge in [0, 0.05) is 12.6 Å². The summed E-state index contributed by atoms with van der Waals surface area (Å²) in [5.41, 5.74) is 0.203. The van der Waals surface area contributed by atoms with Crippen LogP contribution in [0, 0.1) is 5.41 Å². The minimum absolute atomic E-state index is 0.0163. The molecule has 1 amide bonds. The second-order valence-corrected chi connectivity index (χ2v) is 6.13. The Kier molecular flexibility index (Phi) is 5.60. The van der Waals surface area contributed by atoms with Crippen molar-refractivity contribution in [1.82, 2.24) is 15.5 Å². The number of nitrogens with zero attached hydrogens (tertiary/aromatic N) is 1. The van der Waals surface area contributed by atoms with Gasteiger partial charge in [0.05, 0.1) is 6.04 Å². The van der Waals surface area contributed by atoms with Crippen molar-refractivity contribution in [3.63, 3.8) is 0 Å². The van der Waals surface area contributed by atoms with E-state index in [2.05, 4.69) is 36.3 Å². The first-order chi connectivity index (χ1) is 8.45. The Morgan fingerprint density at radius 3 is 2.61 bits per heavy atom. The van der Waals surface area contributed by atoms with Crippen LogP contribution in [-0.2, 0) is 4.79 Å². The van der Waals surface area contributed by atoms with E-state index in [0.717, 1.165) is 32.4 Å². The first kappa shape index (κ1) is 15.4. The van der Waals surface area contributed by atoms with Gasteiger partial charge in [0.25, 0.3) is 0 Å². The predicted octanol–water partition coefficient (Wildman–Crippen LogP) is 1.22. The summed E-state index contributed by atoms with van der Waals surface area (Å²) in [7, 11) is 3.85. The van der Waals surface area contributed by atoms with Crippen molar-refractivity contribution in [2.75, 3.05) is 27.2 Å². The fourth-order valence-electron chi connectivity index (χ4n) is 2.87. The second-order valence-electron chi connectivity index (χ2n) is 6.13. The highest BCUT2D eigenvalue weighted by Crippen LogP contribution is 2.31. The molecule has 0 saturated carbocycles. The number of carbonyl (C=O) groups excluding carboxylic acids is 1. The highest BCUT2D eigenvalue weighted by molar-refractivity contribution is 5.83. The van der Waals surface area contributed by atoms with Crippen LogP contribution < -0.4 is 10.6 Å². The average Bonchev–Trinajstić information content (AvgIpc) is 2.33. The third kappa shape index (κ3) is 3.69. The summed E-state index contributed by atoms with van der Waals surface area (Å²) in [5, 5.41) is 6.35. The van der Waals surface area contributed by atoms with Crippen LogP contribution in [0.25, 0.3) is 0 Å². The number of piperidine rings is 1. The molecule has 0 aromatic rings. The van der Waals surface area contributed by atoms with Crippen molar-refractivity contribution in [2.24, 2.45) is 5.41 Å². The molecule has 18 heavy (non-hydrogen) atoms. The highest BCUT2D eigenvalue weighted by atomic mass is 16.2. The molecule has 2 atom stereocenters. The molecule has 1 aliphatic heterocycles. The van der Waals surface area contributed by atoms with E-state index >= 15 is 0 Å². The minimum atomic E-state index is -0.0163. The SMILES string of the molecule is CCC(CCNC)N1CC(C)(C)CC(NC)C1=O. The lowest BCUT2D eigenvalue weighted by molar-refractivity contribution is -0.143. The molecule has 106 valence electrons. The Balaban J connectivity index is 2.79. The lowest BCUT2D eigenvalue weighted by Gasteiger charge is -2.45. The van der Waals surface area contributed by atoms with Gasteiger partial charge < -0.3 is 15.5 Å². The molecule has 2 N–H and O–H groups in total. The lowest BCUT2D eigenvalue weighted by atomic mass is 9.80. The van der Waals surface area contributed by atoms with Crippen molar-refractivity contribution in [2.45, 2.75) is 52.1 Å². The maximum atomic E-state index is 12.5. The van der Waals surface area contributed by atoms with E-state index in [1.165, 1.54) is 0 Å². The second kappa shape index (κ2) is 6.53. The Hall–Kier alpha value is -0.610. The molecule has 0 aromatic heterocycles. The van der Waals surface area contributed by atoms with Gasteiger partial charge in [-0.1, -0.05) is 20.8 Å². The molecule has 0 bridgehead atoms. The van der Waals surface area contributed by atoms with Gasteiger partial charge in [-0.15, -0.1) is 0 Å². The van der Waals surface area contributed by atoms with Crippen LogP contribution >= 0.6 is 0 Å². The van der Waals surface area contributed by atoms with Gasteiger partial charge in [-0.25, -0.2) is 0 Å². The van der Waals surface area contributed by atoms with Gasteiger partial charge in [0.2, 0.25) is 5.91 Å². The van der Waals surface area contributed by atoms with Crippen molar-refractivity contribution < 1.29 is 4.79 Å². The fourth-order valence-corrected chi connectivity index (χ4v) is 2.87. The van der Waals surface area contributed by atoms with Crippen molar-refractivity contribution in [1.29, 1.82) is 0 Å². The first-order valence-corrected chi connectivity index (χ1v) is 7.07. The van der Waals surface area contributed by atoms with Gasteiger partial charge in [0.15, 0.2) is 0 Å². The van der Waals surface area contributed by atoms with Crippen LogP contribution in [0.3, 0.4) is 0 Å². The molecular weight excluding hydrogens is 226 g/mol. The third-order valence-electron chi connectivity index (χ3n) is 3.92. The summed E-state index contributed by atoms with van der Waals surface area (Å²) in [5.74, 6) is 0.278. The topological polar surface area (TPSA) is 44.4 Å². The van der Waals surface area contributed by atoms with Gasteiger partial charge >= 0.3 is 0 Å². The molecule has 1 rings (SSSR count). The molecule has 0 spiro atoms. The quantitative estimate of drug-likeness (QED) is 0.750. The average molecular weight is 255 g/mol. The number of hydrogen-bond acceptors (Lipinski definition) is 3. The Bertz CT molecular complexity index is 278. The Morgan fingerprint density at radius 1 is 1.44 bits per heavy atom. The van der Waals surface area contributed by atoms with Gasteiger partial charge in [-0.2, -0.15) is 0 Å². The molecule has 1 fully saturated rings. The van der Waals surface area contributed by atoms with E-state index in [4.69, 9.17) is 0 Å². The maximum absolute atomic E-state index is 12.5. The van der Waals surface area contributed by atoms with E-state index < -0.39 is 0 Å². The summed E-state index contributed by atoms with van der Waals surface area (Å²) in [6, 6.07) is 0.345. The van der Waals surface area contributed by atoms with E-state index in [1.54, 1.807) is 0 Å². The summed E-state index contributed by atoms with van der Waals surface area (Å²) >= 11 is 0. The van der Waals surface area contributed by atoms with Crippen LogP contribution in [0.4, 0.5) is 0 Å². The summed E-state index contributed by atoms with van der Waals surface area (Å²) in [6.07, 6.45) is 2.99. The Morgan fingerprint density at radius 2 is 2.11 bits per heavy atom. The van der Waals surface area contributed by atoms with Crippen molar-refractivity contribution in [3.05, 3.63) is 0 Å². The number of nitrogens with one attached hydrogen (secondary N) is 2. The number of carbonyl (C=O) groups is 1. The van der Waals surface area contributed by atoms with Crippen LogP contribution in [-0.4, -0.2) is 50.1 Å². The number of amides is 1. The first-order valence-electron chi connectivity index (χ1n) is 7.07. The molecule has 4 heteroatoms.